The third-order valence-corrected chi connectivity index (χ3v) is 4.83. The van der Waals surface area contributed by atoms with E-state index in [1.165, 1.54) is 0 Å². The van der Waals surface area contributed by atoms with Crippen LogP contribution in [0.15, 0.2) is 30.3 Å². The van der Waals surface area contributed by atoms with Gasteiger partial charge in [0.15, 0.2) is 5.60 Å². The lowest BCUT2D eigenvalue weighted by Gasteiger charge is -2.43. The number of morpholine rings is 1. The van der Waals surface area contributed by atoms with E-state index in [-0.39, 0.29) is 23.5 Å². The molecule has 3 atom stereocenters. The van der Waals surface area contributed by atoms with E-state index in [4.69, 9.17) is 4.74 Å². The minimum Gasteiger partial charge on any atom is -0.354 e. The van der Waals surface area contributed by atoms with Gasteiger partial charge in [-0.3, -0.25) is 4.79 Å². The lowest BCUT2D eigenvalue weighted by atomic mass is 9.96. The Morgan fingerprint density at radius 2 is 1.84 bits per heavy atom. The van der Waals surface area contributed by atoms with E-state index in [0.29, 0.717) is 0 Å². The fraction of sp³-hybridized carbons (Fsp3) is 0.562. The fourth-order valence-corrected chi connectivity index (χ4v) is 3.17. The van der Waals surface area contributed by atoms with Gasteiger partial charge in [-0.1, -0.05) is 44.2 Å². The standard InChI is InChI=1S/C16H21NO2/c1-11-13(12-8-6-5-7-9-12)19-16(10-15(16,2)3)14(18)17(11)4/h5-9,11,13H,10H2,1-4H3/t11-,13-,16+/m0/s1. The molecule has 1 aromatic carbocycles. The molecule has 3 heteroatoms. The molecule has 0 unspecified atom stereocenters. The number of ether oxygens (including phenoxy) is 1. The van der Waals surface area contributed by atoms with Crippen molar-refractivity contribution in [2.24, 2.45) is 5.41 Å². The van der Waals surface area contributed by atoms with Crippen LogP contribution in [0.2, 0.25) is 0 Å². The molecule has 1 amide bonds. The summed E-state index contributed by atoms with van der Waals surface area (Å²) in [5.74, 6) is 0.136. The van der Waals surface area contributed by atoms with Gasteiger partial charge in [-0.25, -0.2) is 0 Å². The molecule has 0 bridgehead atoms. The molecular formula is C16H21NO2. The van der Waals surface area contributed by atoms with Crippen molar-refractivity contribution in [3.63, 3.8) is 0 Å². The Kier molecular flexibility index (Phi) is 2.55. The molecule has 1 aromatic rings. The summed E-state index contributed by atoms with van der Waals surface area (Å²) < 4.78 is 6.29. The molecule has 0 aromatic heterocycles. The molecule has 0 N–H and O–H groups in total. The van der Waals surface area contributed by atoms with Crippen molar-refractivity contribution in [3.05, 3.63) is 35.9 Å². The Labute approximate surface area is 114 Å². The van der Waals surface area contributed by atoms with E-state index in [0.717, 1.165) is 12.0 Å². The molecule has 3 nitrogen and oxygen atoms in total. The Hall–Kier alpha value is -1.35. The maximum atomic E-state index is 12.5. The van der Waals surface area contributed by atoms with Gasteiger partial charge >= 0.3 is 0 Å². The number of amides is 1. The van der Waals surface area contributed by atoms with Crippen LogP contribution in [0.5, 0.6) is 0 Å². The zero-order chi connectivity index (χ0) is 13.8. The summed E-state index contributed by atoms with van der Waals surface area (Å²) in [5, 5.41) is 0. The van der Waals surface area contributed by atoms with Crippen molar-refractivity contribution in [1.82, 2.24) is 4.90 Å². The first kappa shape index (κ1) is 12.7. The van der Waals surface area contributed by atoms with Crippen LogP contribution < -0.4 is 0 Å². The Morgan fingerprint density at radius 3 is 2.37 bits per heavy atom. The number of rotatable bonds is 1. The van der Waals surface area contributed by atoms with Crippen LogP contribution in [0.25, 0.3) is 0 Å². The number of likely N-dealkylation sites (N-methyl/N-ethyl adjacent to an activating group) is 1. The van der Waals surface area contributed by atoms with Gasteiger partial charge in [0.2, 0.25) is 0 Å². The van der Waals surface area contributed by atoms with Crippen molar-refractivity contribution < 1.29 is 9.53 Å². The molecule has 1 aliphatic carbocycles. The molecular weight excluding hydrogens is 238 g/mol. The molecule has 1 heterocycles. The minimum absolute atomic E-state index is 0.0364. The number of nitrogens with zero attached hydrogens (tertiary/aromatic N) is 1. The summed E-state index contributed by atoms with van der Waals surface area (Å²) in [4.78, 5) is 14.4. The number of carbonyl (C=O) groups is 1. The Morgan fingerprint density at radius 1 is 1.26 bits per heavy atom. The number of benzene rings is 1. The molecule has 2 aliphatic rings. The first-order chi connectivity index (χ1) is 8.89. The van der Waals surface area contributed by atoms with Gasteiger partial charge in [0.1, 0.15) is 6.10 Å². The highest BCUT2D eigenvalue weighted by Gasteiger charge is 2.71. The van der Waals surface area contributed by atoms with E-state index in [9.17, 15) is 4.79 Å². The van der Waals surface area contributed by atoms with Crippen LogP contribution in [0.3, 0.4) is 0 Å². The molecule has 1 spiro atoms. The SMILES string of the molecule is C[C@H]1[C@@H](c2ccccc2)O[C@]2(CC2(C)C)C(=O)N1C. The number of hydrogen-bond acceptors (Lipinski definition) is 2. The van der Waals surface area contributed by atoms with E-state index in [1.807, 2.05) is 30.1 Å². The largest absolute Gasteiger partial charge is 0.354 e. The van der Waals surface area contributed by atoms with E-state index in [2.05, 4.69) is 32.9 Å². The highest BCUT2D eigenvalue weighted by Crippen LogP contribution is 2.62. The average molecular weight is 259 g/mol. The number of carbonyl (C=O) groups excluding carboxylic acids is 1. The first-order valence-corrected chi connectivity index (χ1v) is 6.89. The van der Waals surface area contributed by atoms with Crippen LogP contribution in [0.1, 0.15) is 38.9 Å². The van der Waals surface area contributed by atoms with Crippen molar-refractivity contribution in [3.8, 4) is 0 Å². The average Bonchev–Trinajstić information content (AvgIpc) is 2.95. The molecule has 1 saturated carbocycles. The monoisotopic (exact) mass is 259 g/mol. The fourth-order valence-electron chi connectivity index (χ4n) is 3.17. The van der Waals surface area contributed by atoms with Crippen LogP contribution >= 0.6 is 0 Å². The predicted octanol–water partition coefficient (Wildman–Crippen LogP) is 2.77. The molecule has 19 heavy (non-hydrogen) atoms. The zero-order valence-electron chi connectivity index (χ0n) is 12.0. The van der Waals surface area contributed by atoms with Crippen molar-refractivity contribution in [1.29, 1.82) is 0 Å². The Bertz CT molecular complexity index is 511. The highest BCUT2D eigenvalue weighted by molar-refractivity contribution is 5.90. The van der Waals surface area contributed by atoms with Crippen molar-refractivity contribution in [2.45, 2.75) is 44.9 Å². The van der Waals surface area contributed by atoms with Crippen LogP contribution in [0.4, 0.5) is 0 Å². The van der Waals surface area contributed by atoms with Crippen LogP contribution in [0, 0.1) is 5.41 Å². The van der Waals surface area contributed by atoms with Gasteiger partial charge < -0.3 is 9.64 Å². The number of hydrogen-bond donors (Lipinski definition) is 0. The van der Waals surface area contributed by atoms with E-state index in [1.54, 1.807) is 0 Å². The maximum Gasteiger partial charge on any atom is 0.255 e. The summed E-state index contributed by atoms with van der Waals surface area (Å²) in [6.45, 7) is 6.27. The normalized spacial score (nSPS) is 36.6. The van der Waals surface area contributed by atoms with Gasteiger partial charge in [-0.05, 0) is 18.9 Å². The molecule has 1 aliphatic heterocycles. The van der Waals surface area contributed by atoms with Gasteiger partial charge in [-0.15, -0.1) is 0 Å². The molecule has 3 rings (SSSR count). The zero-order valence-corrected chi connectivity index (χ0v) is 12.0. The molecule has 1 saturated heterocycles. The van der Waals surface area contributed by atoms with E-state index >= 15 is 0 Å². The van der Waals surface area contributed by atoms with Crippen LogP contribution in [-0.4, -0.2) is 29.5 Å². The third-order valence-electron chi connectivity index (χ3n) is 4.83. The van der Waals surface area contributed by atoms with Crippen molar-refractivity contribution >= 4 is 5.91 Å². The lowest BCUT2D eigenvalue weighted by Crippen LogP contribution is -2.55. The van der Waals surface area contributed by atoms with Gasteiger partial charge in [-0.2, -0.15) is 0 Å². The molecule has 102 valence electrons. The minimum atomic E-state index is -0.602. The summed E-state index contributed by atoms with van der Waals surface area (Å²) in [5.41, 5.74) is 0.497. The van der Waals surface area contributed by atoms with E-state index < -0.39 is 5.60 Å². The first-order valence-electron chi connectivity index (χ1n) is 6.89. The van der Waals surface area contributed by atoms with Gasteiger partial charge in [0.05, 0.1) is 6.04 Å². The summed E-state index contributed by atoms with van der Waals surface area (Å²) in [6, 6.07) is 10.3. The third kappa shape index (κ3) is 1.64. The summed E-state index contributed by atoms with van der Waals surface area (Å²) in [6.07, 6.45) is 0.782. The highest BCUT2D eigenvalue weighted by atomic mass is 16.5. The summed E-state index contributed by atoms with van der Waals surface area (Å²) >= 11 is 0. The Balaban J connectivity index is 1.97. The topological polar surface area (TPSA) is 29.5 Å². The second-order valence-electron chi connectivity index (χ2n) is 6.49. The predicted molar refractivity (Wildman–Crippen MR) is 73.6 cm³/mol. The molecule has 0 radical (unpaired) electrons. The summed E-state index contributed by atoms with van der Waals surface area (Å²) in [7, 11) is 1.89. The second kappa shape index (κ2) is 3.83. The van der Waals surface area contributed by atoms with Gasteiger partial charge in [0.25, 0.3) is 5.91 Å². The van der Waals surface area contributed by atoms with Crippen molar-refractivity contribution in [2.75, 3.05) is 7.05 Å². The maximum absolute atomic E-state index is 12.5. The molecule has 2 fully saturated rings. The second-order valence-corrected chi connectivity index (χ2v) is 6.49. The lowest BCUT2D eigenvalue weighted by molar-refractivity contribution is -0.180. The smallest absolute Gasteiger partial charge is 0.255 e. The van der Waals surface area contributed by atoms with Gasteiger partial charge in [0, 0.05) is 12.5 Å². The quantitative estimate of drug-likeness (QED) is 0.776. The van der Waals surface area contributed by atoms with Crippen LogP contribution in [-0.2, 0) is 9.53 Å².